The van der Waals surface area contributed by atoms with Crippen molar-refractivity contribution < 1.29 is 18.8 Å². The molecule has 2 aliphatic rings. The second-order valence-electron chi connectivity index (χ2n) is 7.02. The lowest BCUT2D eigenvalue weighted by atomic mass is 9.88. The van der Waals surface area contributed by atoms with Gasteiger partial charge in [0.15, 0.2) is 11.6 Å². The highest BCUT2D eigenvalue weighted by molar-refractivity contribution is 5.97. The van der Waals surface area contributed by atoms with Gasteiger partial charge in [-0.2, -0.15) is 10.1 Å². The molecule has 1 atom stereocenters. The first-order valence-electron chi connectivity index (χ1n) is 8.79. The van der Waals surface area contributed by atoms with Gasteiger partial charge in [-0.15, -0.1) is 0 Å². The molecule has 1 unspecified atom stereocenters. The number of piperidine rings is 1. The van der Waals surface area contributed by atoms with Crippen molar-refractivity contribution in [1.29, 1.82) is 0 Å². The Kier molecular flexibility index (Phi) is 4.10. The van der Waals surface area contributed by atoms with E-state index in [9.17, 15) is 9.59 Å². The molecule has 0 bridgehead atoms. The topological polar surface area (TPSA) is 114 Å². The van der Waals surface area contributed by atoms with Crippen LogP contribution in [0.15, 0.2) is 10.6 Å². The largest absolute Gasteiger partial charge is 0.362 e. The first kappa shape index (κ1) is 16.9. The van der Waals surface area contributed by atoms with E-state index < -0.39 is 0 Å². The Labute approximate surface area is 150 Å². The van der Waals surface area contributed by atoms with Crippen LogP contribution in [-0.2, 0) is 4.74 Å². The summed E-state index contributed by atoms with van der Waals surface area (Å²) < 4.78 is 11.5. The molecule has 2 aromatic heterocycles. The van der Waals surface area contributed by atoms with Gasteiger partial charge in [0, 0.05) is 20.0 Å². The minimum absolute atomic E-state index is 0.137. The minimum atomic E-state index is -0.234. The number of nitrogens with zero attached hydrogens (tertiary/aromatic N) is 4. The molecule has 2 aliphatic heterocycles. The summed E-state index contributed by atoms with van der Waals surface area (Å²) >= 11 is 0. The zero-order valence-corrected chi connectivity index (χ0v) is 14.8. The third kappa shape index (κ3) is 3.03. The maximum absolute atomic E-state index is 12.6. The number of carbonyl (C=O) groups is 2. The number of Topliss-reactive ketones (excluding diaryl/α,β-unsaturated/α-hetero) is 1. The van der Waals surface area contributed by atoms with Crippen molar-refractivity contribution in [3.8, 4) is 0 Å². The van der Waals surface area contributed by atoms with Crippen LogP contribution in [0.4, 0.5) is 0 Å². The third-order valence-corrected chi connectivity index (χ3v) is 5.20. The molecule has 2 saturated heterocycles. The van der Waals surface area contributed by atoms with Crippen LogP contribution in [0.5, 0.6) is 0 Å². The van der Waals surface area contributed by atoms with E-state index in [-0.39, 0.29) is 29.1 Å². The van der Waals surface area contributed by atoms with Crippen LogP contribution in [0, 0.1) is 6.92 Å². The number of likely N-dealkylation sites (tertiary alicyclic amines) is 1. The van der Waals surface area contributed by atoms with E-state index in [4.69, 9.17) is 9.26 Å². The number of hydrogen-bond donors (Lipinski definition) is 1. The summed E-state index contributed by atoms with van der Waals surface area (Å²) in [4.78, 5) is 30.0. The van der Waals surface area contributed by atoms with Crippen molar-refractivity contribution in [3.05, 3.63) is 29.2 Å². The van der Waals surface area contributed by atoms with Crippen molar-refractivity contribution in [2.75, 3.05) is 13.1 Å². The molecule has 0 aromatic carbocycles. The lowest BCUT2D eigenvalue weighted by Crippen LogP contribution is -2.46. The molecule has 1 spiro atoms. The number of aromatic nitrogens is 4. The van der Waals surface area contributed by atoms with Crippen LogP contribution >= 0.6 is 0 Å². The Morgan fingerprint density at radius 1 is 1.31 bits per heavy atom. The summed E-state index contributed by atoms with van der Waals surface area (Å²) in [5, 5.41) is 10.4. The Morgan fingerprint density at radius 3 is 2.69 bits per heavy atom. The van der Waals surface area contributed by atoms with E-state index in [0.717, 1.165) is 25.7 Å². The van der Waals surface area contributed by atoms with Gasteiger partial charge in [-0.3, -0.25) is 14.7 Å². The second kappa shape index (κ2) is 6.31. The Morgan fingerprint density at radius 2 is 2.08 bits per heavy atom. The quantitative estimate of drug-likeness (QED) is 0.831. The summed E-state index contributed by atoms with van der Waals surface area (Å²) in [5.74, 6) is 0.836. The summed E-state index contributed by atoms with van der Waals surface area (Å²) in [6, 6.07) is 1.51. The van der Waals surface area contributed by atoms with Crippen molar-refractivity contribution >= 4 is 11.7 Å². The highest BCUT2D eigenvalue weighted by atomic mass is 16.5. The Balaban J connectivity index is 1.38. The van der Waals surface area contributed by atoms with Crippen LogP contribution in [0.25, 0.3) is 0 Å². The fourth-order valence-corrected chi connectivity index (χ4v) is 3.70. The van der Waals surface area contributed by atoms with Crippen LogP contribution in [0.1, 0.15) is 71.4 Å². The molecule has 26 heavy (non-hydrogen) atoms. The van der Waals surface area contributed by atoms with E-state index in [1.165, 1.54) is 13.0 Å². The Hall–Kier alpha value is -2.55. The molecule has 4 rings (SSSR count). The highest BCUT2D eigenvalue weighted by Crippen LogP contribution is 2.44. The molecule has 1 amide bonds. The van der Waals surface area contributed by atoms with E-state index in [1.807, 2.05) is 0 Å². The number of ketones is 1. The molecule has 4 heterocycles. The van der Waals surface area contributed by atoms with Crippen molar-refractivity contribution in [2.24, 2.45) is 0 Å². The van der Waals surface area contributed by atoms with Gasteiger partial charge < -0.3 is 14.2 Å². The average Bonchev–Trinajstić information content (AvgIpc) is 3.35. The van der Waals surface area contributed by atoms with Gasteiger partial charge in [0.25, 0.3) is 11.8 Å². The fourth-order valence-electron chi connectivity index (χ4n) is 3.70. The normalized spacial score (nSPS) is 22.1. The van der Waals surface area contributed by atoms with E-state index in [2.05, 4.69) is 20.3 Å². The van der Waals surface area contributed by atoms with E-state index in [0.29, 0.717) is 30.5 Å². The number of nitrogens with one attached hydrogen (secondary N) is 1. The van der Waals surface area contributed by atoms with Gasteiger partial charge in [0.05, 0.1) is 5.60 Å². The molecule has 1 N–H and O–H groups in total. The van der Waals surface area contributed by atoms with Gasteiger partial charge in [-0.25, -0.2) is 0 Å². The first-order valence-corrected chi connectivity index (χ1v) is 8.79. The summed E-state index contributed by atoms with van der Waals surface area (Å²) in [7, 11) is 0. The predicted octanol–water partition coefficient (Wildman–Crippen LogP) is 1.83. The monoisotopic (exact) mass is 359 g/mol. The molecule has 0 saturated carbocycles. The number of carbonyl (C=O) groups excluding carboxylic acids is 2. The van der Waals surface area contributed by atoms with E-state index >= 15 is 0 Å². The molecular weight excluding hydrogens is 338 g/mol. The number of H-pyrrole nitrogens is 1. The molecular formula is C17H21N5O4. The van der Waals surface area contributed by atoms with Crippen molar-refractivity contribution in [1.82, 2.24) is 25.2 Å². The van der Waals surface area contributed by atoms with Crippen LogP contribution < -0.4 is 0 Å². The van der Waals surface area contributed by atoms with Gasteiger partial charge in [0.2, 0.25) is 0 Å². The second-order valence-corrected chi connectivity index (χ2v) is 7.02. The lowest BCUT2D eigenvalue weighted by molar-refractivity contribution is -0.0821. The van der Waals surface area contributed by atoms with Gasteiger partial charge in [-0.1, -0.05) is 5.16 Å². The first-order chi connectivity index (χ1) is 12.5. The van der Waals surface area contributed by atoms with Crippen molar-refractivity contribution in [2.45, 2.75) is 51.2 Å². The van der Waals surface area contributed by atoms with Crippen LogP contribution in [-0.4, -0.2) is 55.6 Å². The van der Waals surface area contributed by atoms with Crippen molar-refractivity contribution in [3.63, 3.8) is 0 Å². The summed E-state index contributed by atoms with van der Waals surface area (Å²) in [6.45, 7) is 4.41. The molecule has 138 valence electrons. The zero-order valence-electron chi connectivity index (χ0n) is 14.8. The van der Waals surface area contributed by atoms with Crippen LogP contribution in [0.2, 0.25) is 0 Å². The molecule has 0 radical (unpaired) electrons. The minimum Gasteiger partial charge on any atom is -0.362 e. The average molecular weight is 359 g/mol. The van der Waals surface area contributed by atoms with Crippen LogP contribution in [0.3, 0.4) is 0 Å². The summed E-state index contributed by atoms with van der Waals surface area (Å²) in [5.41, 5.74) is 0.388. The number of hydrogen-bond acceptors (Lipinski definition) is 7. The maximum Gasteiger partial charge on any atom is 0.271 e. The molecule has 2 aromatic rings. The number of amides is 1. The number of ether oxygens (including phenoxy) is 1. The van der Waals surface area contributed by atoms with E-state index in [1.54, 1.807) is 11.8 Å². The molecule has 0 aliphatic carbocycles. The van der Waals surface area contributed by atoms with Gasteiger partial charge in [-0.05, 0) is 38.7 Å². The standard InChI is InChI=1S/C17H21N5O4/c1-10(23)12-9-13(20-19-12)16(24)22-7-5-17(6-8-22)4-3-14(25-17)15-18-11(2)21-26-15/h9,14H,3-8H2,1-2H3,(H,19,20). The number of aromatic amines is 1. The fraction of sp³-hybridized carbons (Fsp3) is 0.588. The molecule has 9 heteroatoms. The third-order valence-electron chi connectivity index (χ3n) is 5.20. The number of rotatable bonds is 3. The lowest BCUT2D eigenvalue weighted by Gasteiger charge is -2.38. The smallest absolute Gasteiger partial charge is 0.271 e. The summed E-state index contributed by atoms with van der Waals surface area (Å²) in [6.07, 6.45) is 3.12. The predicted molar refractivity (Wildman–Crippen MR) is 88.6 cm³/mol. The van der Waals surface area contributed by atoms with Gasteiger partial charge >= 0.3 is 0 Å². The number of aryl methyl sites for hydroxylation is 1. The highest BCUT2D eigenvalue weighted by Gasteiger charge is 2.45. The molecule has 9 nitrogen and oxygen atoms in total. The van der Waals surface area contributed by atoms with Gasteiger partial charge in [0.1, 0.15) is 17.5 Å². The SMILES string of the molecule is CC(=O)c1cc(C(=O)N2CCC3(CCC(c4nc(C)no4)O3)CC2)[nH]n1. The Bertz CT molecular complexity index is 834. The molecule has 2 fully saturated rings. The maximum atomic E-state index is 12.6. The zero-order chi connectivity index (χ0) is 18.3.